The Labute approximate surface area is 171 Å². The van der Waals surface area contributed by atoms with Gasteiger partial charge in [-0.2, -0.15) is 22.8 Å². The lowest BCUT2D eigenvalue weighted by molar-refractivity contribution is -0.146. The Morgan fingerprint density at radius 2 is 1.73 bits per heavy atom. The molecule has 4 heterocycles. The predicted octanol–water partition coefficient (Wildman–Crippen LogP) is 2.08. The first kappa shape index (κ1) is 19.3. The van der Waals surface area contributed by atoms with Crippen molar-refractivity contribution in [2.75, 3.05) is 31.1 Å². The maximum Gasteiger partial charge on any atom is 0.453 e. The van der Waals surface area contributed by atoms with Crippen LogP contribution >= 0.6 is 0 Å². The third kappa shape index (κ3) is 3.40. The number of aromatic nitrogens is 6. The molecule has 11 heteroatoms. The average molecular weight is 420 g/mol. The van der Waals surface area contributed by atoms with Crippen molar-refractivity contribution in [3.05, 3.63) is 34.9 Å². The lowest BCUT2D eigenvalue weighted by Crippen LogP contribution is -2.46. The van der Waals surface area contributed by atoms with Crippen LogP contribution in [-0.2, 0) is 32.6 Å². The molecule has 2 aliphatic rings. The van der Waals surface area contributed by atoms with Crippen LogP contribution in [0.3, 0.4) is 0 Å². The maximum absolute atomic E-state index is 13.1. The van der Waals surface area contributed by atoms with E-state index in [9.17, 15) is 13.2 Å². The van der Waals surface area contributed by atoms with Crippen LogP contribution < -0.4 is 4.90 Å². The zero-order chi connectivity index (χ0) is 20.9. The number of rotatable bonds is 3. The second kappa shape index (κ2) is 7.22. The summed E-state index contributed by atoms with van der Waals surface area (Å²) in [7, 11) is 2.02. The molecule has 1 fully saturated rings. The molecule has 0 aromatic carbocycles. The molecule has 0 amide bonds. The molecule has 1 aliphatic carbocycles. The topological polar surface area (TPSA) is 67.4 Å². The summed E-state index contributed by atoms with van der Waals surface area (Å²) in [6, 6.07) is 3.23. The molecule has 0 saturated carbocycles. The van der Waals surface area contributed by atoms with Crippen molar-refractivity contribution < 1.29 is 13.2 Å². The van der Waals surface area contributed by atoms with E-state index >= 15 is 0 Å². The quantitative estimate of drug-likeness (QED) is 0.646. The van der Waals surface area contributed by atoms with Crippen molar-refractivity contribution in [1.82, 2.24) is 34.5 Å². The summed E-state index contributed by atoms with van der Waals surface area (Å²) in [6.45, 7) is 3.81. The Balaban J connectivity index is 1.28. The van der Waals surface area contributed by atoms with Crippen LogP contribution in [0, 0.1) is 0 Å². The molecule has 8 nitrogen and oxygen atoms in total. The van der Waals surface area contributed by atoms with Crippen molar-refractivity contribution in [2.24, 2.45) is 7.05 Å². The number of hydrogen-bond acceptors (Lipinski definition) is 6. The lowest BCUT2D eigenvalue weighted by atomic mass is 9.95. The first-order valence-electron chi connectivity index (χ1n) is 10.2. The van der Waals surface area contributed by atoms with Gasteiger partial charge in [0.2, 0.25) is 0 Å². The normalized spacial score (nSPS) is 18.2. The van der Waals surface area contributed by atoms with Gasteiger partial charge in [0.05, 0.1) is 5.69 Å². The first-order valence-corrected chi connectivity index (χ1v) is 10.2. The fourth-order valence-corrected chi connectivity index (χ4v) is 4.46. The number of hydrogen-bond donors (Lipinski definition) is 0. The van der Waals surface area contributed by atoms with E-state index in [1.165, 1.54) is 35.9 Å². The summed E-state index contributed by atoms with van der Waals surface area (Å²) in [5.74, 6) is -0.597. The third-order valence-corrected chi connectivity index (χ3v) is 6.02. The summed E-state index contributed by atoms with van der Waals surface area (Å²) in [5.41, 5.74) is 4.02. The smallest absolute Gasteiger partial charge is 0.353 e. The van der Waals surface area contributed by atoms with E-state index in [2.05, 4.69) is 20.2 Å². The van der Waals surface area contributed by atoms with E-state index in [4.69, 9.17) is 5.10 Å². The predicted molar refractivity (Wildman–Crippen MR) is 103 cm³/mol. The molecule has 0 unspecified atom stereocenters. The molecule has 0 bridgehead atoms. The standard InChI is InChI=1S/C19H23F3N8/c1-27-15-5-3-2-4-13(15)14(25-27)12-28-8-10-29(11-9-28)17-7-6-16-23-24-18(19(20,21)22)30(16)26-17/h6-7H,2-5,8-12H2,1H3. The molecule has 3 aromatic heterocycles. The number of halogens is 3. The van der Waals surface area contributed by atoms with Crippen molar-refractivity contribution in [1.29, 1.82) is 0 Å². The summed E-state index contributed by atoms with van der Waals surface area (Å²) in [4.78, 5) is 4.36. The number of alkyl halides is 3. The van der Waals surface area contributed by atoms with E-state index in [-0.39, 0.29) is 5.65 Å². The Bertz CT molecular complexity index is 1060. The van der Waals surface area contributed by atoms with Crippen LogP contribution in [0.25, 0.3) is 5.65 Å². The minimum absolute atomic E-state index is 0.0876. The van der Waals surface area contributed by atoms with Gasteiger partial charge in [-0.1, -0.05) is 0 Å². The Morgan fingerprint density at radius 3 is 2.50 bits per heavy atom. The summed E-state index contributed by atoms with van der Waals surface area (Å²) < 4.78 is 42.1. The molecule has 0 atom stereocenters. The summed E-state index contributed by atoms with van der Waals surface area (Å²) in [6.07, 6.45) is 0.0549. The number of nitrogens with zero attached hydrogens (tertiary/aromatic N) is 8. The van der Waals surface area contributed by atoms with Gasteiger partial charge in [0.25, 0.3) is 5.82 Å². The molecule has 1 saturated heterocycles. The molecule has 5 rings (SSSR count). The number of piperazine rings is 1. The second-order valence-electron chi connectivity index (χ2n) is 7.95. The summed E-state index contributed by atoms with van der Waals surface area (Å²) >= 11 is 0. The maximum atomic E-state index is 13.1. The van der Waals surface area contributed by atoms with E-state index in [1.807, 2.05) is 16.6 Å². The Hall–Kier alpha value is -2.69. The van der Waals surface area contributed by atoms with Crippen molar-refractivity contribution in [3.63, 3.8) is 0 Å². The molecule has 30 heavy (non-hydrogen) atoms. The number of fused-ring (bicyclic) bond motifs is 2. The van der Waals surface area contributed by atoms with Gasteiger partial charge in [0.15, 0.2) is 5.65 Å². The minimum atomic E-state index is -4.59. The van der Waals surface area contributed by atoms with Gasteiger partial charge in [-0.3, -0.25) is 9.58 Å². The van der Waals surface area contributed by atoms with Crippen LogP contribution in [0.5, 0.6) is 0 Å². The van der Waals surface area contributed by atoms with E-state index in [1.54, 1.807) is 6.07 Å². The zero-order valence-corrected chi connectivity index (χ0v) is 16.7. The Morgan fingerprint density at radius 1 is 0.967 bits per heavy atom. The van der Waals surface area contributed by atoms with Crippen molar-refractivity contribution in [3.8, 4) is 0 Å². The van der Waals surface area contributed by atoms with E-state index in [0.29, 0.717) is 18.9 Å². The molecule has 3 aromatic rings. The van der Waals surface area contributed by atoms with Crippen LogP contribution in [-0.4, -0.2) is 60.7 Å². The fourth-order valence-electron chi connectivity index (χ4n) is 4.46. The number of anilines is 1. The monoisotopic (exact) mass is 420 g/mol. The largest absolute Gasteiger partial charge is 0.453 e. The molecule has 0 spiro atoms. The Kier molecular flexibility index (Phi) is 4.64. The third-order valence-electron chi connectivity index (χ3n) is 6.02. The highest BCUT2D eigenvalue weighted by Gasteiger charge is 2.38. The van der Waals surface area contributed by atoms with Crippen molar-refractivity contribution in [2.45, 2.75) is 38.4 Å². The molecule has 1 aliphatic heterocycles. The minimum Gasteiger partial charge on any atom is -0.353 e. The van der Waals surface area contributed by atoms with Gasteiger partial charge in [-0.05, 0) is 43.4 Å². The van der Waals surface area contributed by atoms with Gasteiger partial charge >= 0.3 is 6.18 Å². The van der Waals surface area contributed by atoms with Crippen molar-refractivity contribution >= 4 is 11.5 Å². The summed E-state index contributed by atoms with van der Waals surface area (Å²) in [5, 5.41) is 15.7. The fraction of sp³-hybridized carbons (Fsp3) is 0.579. The highest BCUT2D eigenvalue weighted by atomic mass is 19.4. The molecule has 0 N–H and O–H groups in total. The van der Waals surface area contributed by atoms with Gasteiger partial charge in [0.1, 0.15) is 5.82 Å². The van der Waals surface area contributed by atoms with Gasteiger partial charge < -0.3 is 4.90 Å². The molecule has 160 valence electrons. The van der Waals surface area contributed by atoms with Crippen LogP contribution in [0.2, 0.25) is 0 Å². The highest BCUT2D eigenvalue weighted by Crippen LogP contribution is 2.28. The lowest BCUT2D eigenvalue weighted by Gasteiger charge is -2.35. The number of aryl methyl sites for hydroxylation is 1. The molecular formula is C19H23F3N8. The molecule has 0 radical (unpaired) electrons. The average Bonchev–Trinajstić information content (AvgIpc) is 3.30. The second-order valence-corrected chi connectivity index (χ2v) is 7.95. The van der Waals surface area contributed by atoms with Gasteiger partial charge in [-0.25, -0.2) is 0 Å². The van der Waals surface area contributed by atoms with Crippen LogP contribution in [0.15, 0.2) is 12.1 Å². The van der Waals surface area contributed by atoms with Gasteiger partial charge in [-0.15, -0.1) is 15.3 Å². The highest BCUT2D eigenvalue weighted by molar-refractivity contribution is 5.46. The van der Waals surface area contributed by atoms with E-state index in [0.717, 1.165) is 37.0 Å². The zero-order valence-electron chi connectivity index (χ0n) is 16.7. The van der Waals surface area contributed by atoms with Crippen LogP contribution in [0.4, 0.5) is 19.0 Å². The first-order chi connectivity index (χ1) is 14.4. The van der Waals surface area contributed by atoms with Gasteiger partial charge in [0, 0.05) is 45.5 Å². The SMILES string of the molecule is Cn1nc(CN2CCN(c3ccc4nnc(C(F)(F)F)n4n3)CC2)c2c1CCCC2. The van der Waals surface area contributed by atoms with Crippen LogP contribution in [0.1, 0.15) is 35.6 Å². The molecular weight excluding hydrogens is 397 g/mol. The van der Waals surface area contributed by atoms with E-state index < -0.39 is 12.0 Å².